The number of benzene rings is 2. The molecule has 1 unspecified atom stereocenters. The molecule has 0 spiro atoms. The van der Waals surface area contributed by atoms with Crippen molar-refractivity contribution in [2.45, 2.75) is 52.4 Å². The number of anilines is 1. The summed E-state index contributed by atoms with van der Waals surface area (Å²) in [4.78, 5) is 4.49. The normalized spacial score (nSPS) is 15.8. The molecule has 2 aromatic carbocycles. The number of likely N-dealkylation sites (tertiary alicyclic amines) is 1. The van der Waals surface area contributed by atoms with E-state index in [4.69, 9.17) is 4.74 Å². The third kappa shape index (κ3) is 8.84. The topological polar surface area (TPSA) is 15.7 Å². The summed E-state index contributed by atoms with van der Waals surface area (Å²) in [7, 11) is 0. The van der Waals surface area contributed by atoms with E-state index in [0.717, 1.165) is 37.6 Å². The van der Waals surface area contributed by atoms with Crippen LogP contribution in [-0.4, -0.2) is 43.8 Å². The van der Waals surface area contributed by atoms with Crippen LogP contribution in [0.4, 0.5) is 18.9 Å². The van der Waals surface area contributed by atoms with Gasteiger partial charge in [0, 0.05) is 18.8 Å². The van der Waals surface area contributed by atoms with E-state index in [-0.39, 0.29) is 23.9 Å². The highest BCUT2D eigenvalue weighted by molar-refractivity contribution is 5.85. The summed E-state index contributed by atoms with van der Waals surface area (Å²) in [5.41, 5.74) is 1.11. The Morgan fingerprint density at radius 2 is 1.64 bits per heavy atom. The summed E-state index contributed by atoms with van der Waals surface area (Å²) in [5, 5.41) is 0. The highest BCUT2D eigenvalue weighted by Gasteiger charge is 2.31. The molecular formula is C26H36ClF3N2O. The molecule has 1 aliphatic rings. The van der Waals surface area contributed by atoms with Crippen molar-refractivity contribution in [1.82, 2.24) is 4.90 Å². The van der Waals surface area contributed by atoms with Crippen LogP contribution < -0.4 is 4.90 Å². The van der Waals surface area contributed by atoms with E-state index in [1.807, 2.05) is 30.3 Å². The molecular weight excluding hydrogens is 449 g/mol. The van der Waals surface area contributed by atoms with Crippen molar-refractivity contribution in [2.75, 3.05) is 37.7 Å². The van der Waals surface area contributed by atoms with Crippen LogP contribution in [0, 0.1) is 5.41 Å². The molecule has 33 heavy (non-hydrogen) atoms. The van der Waals surface area contributed by atoms with Gasteiger partial charge in [0.1, 0.15) is 0 Å². The van der Waals surface area contributed by atoms with E-state index < -0.39 is 11.7 Å². The number of ether oxygens (including phenoxy) is 1. The minimum Gasteiger partial charge on any atom is -0.379 e. The molecule has 0 aromatic heterocycles. The molecule has 0 amide bonds. The van der Waals surface area contributed by atoms with Crippen LogP contribution in [0.2, 0.25) is 0 Å². The van der Waals surface area contributed by atoms with Crippen LogP contribution in [0.5, 0.6) is 0 Å². The monoisotopic (exact) mass is 484 g/mol. The predicted molar refractivity (Wildman–Crippen MR) is 131 cm³/mol. The van der Waals surface area contributed by atoms with Crippen molar-refractivity contribution in [3.63, 3.8) is 0 Å². The van der Waals surface area contributed by atoms with Crippen molar-refractivity contribution >= 4 is 18.1 Å². The van der Waals surface area contributed by atoms with Crippen LogP contribution in [0.25, 0.3) is 0 Å². The SMILES string of the molecule is CC(C)(C)COCC(CN(Cc1ccccc1)c1cccc(C(F)(F)F)c1)N1CCCC1.Cl. The second-order valence-corrected chi connectivity index (χ2v) is 9.89. The summed E-state index contributed by atoms with van der Waals surface area (Å²) in [6.07, 6.45) is -2.06. The predicted octanol–water partition coefficient (Wildman–Crippen LogP) is 6.66. The largest absolute Gasteiger partial charge is 0.416 e. The summed E-state index contributed by atoms with van der Waals surface area (Å²) in [6.45, 7) is 10.8. The highest BCUT2D eigenvalue weighted by Crippen LogP contribution is 2.32. The molecule has 1 atom stereocenters. The van der Waals surface area contributed by atoms with E-state index in [1.54, 1.807) is 6.07 Å². The molecule has 0 radical (unpaired) electrons. The minimum atomic E-state index is -4.36. The second kappa shape index (κ2) is 12.1. The van der Waals surface area contributed by atoms with Gasteiger partial charge in [-0.1, -0.05) is 57.2 Å². The first-order valence-electron chi connectivity index (χ1n) is 11.4. The van der Waals surface area contributed by atoms with Crippen molar-refractivity contribution in [3.05, 3.63) is 65.7 Å². The fraction of sp³-hybridized carbons (Fsp3) is 0.538. The highest BCUT2D eigenvalue weighted by atomic mass is 35.5. The first kappa shape index (κ1) is 27.5. The number of rotatable bonds is 9. The number of hydrogen-bond acceptors (Lipinski definition) is 3. The molecule has 1 saturated heterocycles. The lowest BCUT2D eigenvalue weighted by atomic mass is 9.99. The third-order valence-corrected chi connectivity index (χ3v) is 5.69. The van der Waals surface area contributed by atoms with Crippen LogP contribution in [0.15, 0.2) is 54.6 Å². The smallest absolute Gasteiger partial charge is 0.379 e. The van der Waals surface area contributed by atoms with Crippen molar-refractivity contribution in [2.24, 2.45) is 5.41 Å². The Balaban J connectivity index is 0.00000385. The molecule has 1 aliphatic heterocycles. The van der Waals surface area contributed by atoms with Gasteiger partial charge in [-0.15, -0.1) is 12.4 Å². The van der Waals surface area contributed by atoms with Gasteiger partial charge in [-0.2, -0.15) is 13.2 Å². The van der Waals surface area contributed by atoms with Gasteiger partial charge in [-0.05, 0) is 55.1 Å². The fourth-order valence-corrected chi connectivity index (χ4v) is 4.08. The number of nitrogens with zero attached hydrogens (tertiary/aromatic N) is 2. The van der Waals surface area contributed by atoms with Gasteiger partial charge in [-0.3, -0.25) is 4.90 Å². The zero-order valence-corrected chi connectivity index (χ0v) is 20.6. The molecule has 1 heterocycles. The Labute approximate surface area is 202 Å². The molecule has 1 fully saturated rings. The van der Waals surface area contributed by atoms with Crippen molar-refractivity contribution in [1.29, 1.82) is 0 Å². The fourth-order valence-electron chi connectivity index (χ4n) is 4.08. The van der Waals surface area contributed by atoms with E-state index in [9.17, 15) is 13.2 Å². The molecule has 2 aromatic rings. The Kier molecular flexibility index (Phi) is 10.1. The first-order valence-corrected chi connectivity index (χ1v) is 11.4. The molecule has 3 nitrogen and oxygen atoms in total. The minimum absolute atomic E-state index is 0. The second-order valence-electron chi connectivity index (χ2n) is 9.89. The van der Waals surface area contributed by atoms with Gasteiger partial charge in [0.05, 0.1) is 24.8 Å². The Morgan fingerprint density at radius 3 is 2.24 bits per heavy atom. The summed E-state index contributed by atoms with van der Waals surface area (Å²) >= 11 is 0. The molecule has 0 saturated carbocycles. The Hall–Kier alpha value is -1.76. The molecule has 3 rings (SSSR count). The van der Waals surface area contributed by atoms with Crippen LogP contribution in [-0.2, 0) is 17.5 Å². The number of alkyl halides is 3. The number of hydrogen-bond donors (Lipinski definition) is 0. The van der Waals surface area contributed by atoms with Crippen molar-refractivity contribution < 1.29 is 17.9 Å². The van der Waals surface area contributed by atoms with Gasteiger partial charge in [0.25, 0.3) is 0 Å². The zero-order chi connectivity index (χ0) is 23.2. The van der Waals surface area contributed by atoms with Crippen LogP contribution in [0.1, 0.15) is 44.7 Å². The molecule has 0 aliphatic carbocycles. The van der Waals surface area contributed by atoms with Gasteiger partial charge < -0.3 is 9.64 Å². The lowest BCUT2D eigenvalue weighted by Gasteiger charge is -2.35. The average Bonchev–Trinajstić information content (AvgIpc) is 3.26. The molecule has 0 N–H and O–H groups in total. The van der Waals surface area contributed by atoms with E-state index in [2.05, 4.69) is 30.6 Å². The van der Waals surface area contributed by atoms with Crippen LogP contribution >= 0.6 is 12.4 Å². The van der Waals surface area contributed by atoms with E-state index in [0.29, 0.717) is 32.0 Å². The van der Waals surface area contributed by atoms with Gasteiger partial charge >= 0.3 is 6.18 Å². The molecule has 0 bridgehead atoms. The number of halogens is 4. The Morgan fingerprint density at radius 1 is 0.970 bits per heavy atom. The summed E-state index contributed by atoms with van der Waals surface area (Å²) in [6, 6.07) is 15.7. The van der Waals surface area contributed by atoms with E-state index in [1.165, 1.54) is 12.1 Å². The lowest BCUT2D eigenvalue weighted by Crippen LogP contribution is -2.46. The van der Waals surface area contributed by atoms with Gasteiger partial charge in [0.15, 0.2) is 0 Å². The van der Waals surface area contributed by atoms with E-state index >= 15 is 0 Å². The quantitative estimate of drug-likeness (QED) is 0.395. The average molecular weight is 485 g/mol. The molecule has 184 valence electrons. The molecule has 7 heteroatoms. The summed E-state index contributed by atoms with van der Waals surface area (Å²) < 4.78 is 46.3. The standard InChI is InChI=1S/C26H35F3N2O.ClH/c1-25(2,3)20-32-19-24(30-14-7-8-15-30)18-31(17-21-10-5-4-6-11-21)23-13-9-12-22(16-23)26(27,28)29;/h4-6,9-13,16,24H,7-8,14-15,17-20H2,1-3H3;1H. The zero-order valence-electron chi connectivity index (χ0n) is 19.8. The third-order valence-electron chi connectivity index (χ3n) is 5.69. The van der Waals surface area contributed by atoms with Gasteiger partial charge in [0.2, 0.25) is 0 Å². The lowest BCUT2D eigenvalue weighted by molar-refractivity contribution is -0.137. The summed E-state index contributed by atoms with van der Waals surface area (Å²) in [5.74, 6) is 0. The van der Waals surface area contributed by atoms with Crippen LogP contribution in [0.3, 0.4) is 0 Å². The first-order chi connectivity index (χ1) is 15.1. The van der Waals surface area contributed by atoms with Gasteiger partial charge in [-0.25, -0.2) is 0 Å². The Bertz CT molecular complexity index is 833. The maximum Gasteiger partial charge on any atom is 0.416 e. The maximum absolute atomic E-state index is 13.4. The van der Waals surface area contributed by atoms with Crippen molar-refractivity contribution in [3.8, 4) is 0 Å². The maximum atomic E-state index is 13.4.